The van der Waals surface area contributed by atoms with E-state index < -0.39 is 0 Å². The van der Waals surface area contributed by atoms with E-state index in [0.717, 1.165) is 10.9 Å². The number of phenols is 1. The first-order valence-corrected chi connectivity index (χ1v) is 7.89. The van der Waals surface area contributed by atoms with Crippen LogP contribution in [-0.4, -0.2) is 20.2 Å². The summed E-state index contributed by atoms with van der Waals surface area (Å²) < 4.78 is 5.13. The molecule has 0 fully saturated rings. The van der Waals surface area contributed by atoms with Crippen LogP contribution in [0.3, 0.4) is 0 Å². The van der Waals surface area contributed by atoms with Crippen LogP contribution in [0, 0.1) is 6.92 Å². The molecule has 1 atom stereocenters. The first-order chi connectivity index (χ1) is 12.2. The van der Waals surface area contributed by atoms with Crippen LogP contribution in [0.5, 0.6) is 5.75 Å². The fourth-order valence-electron chi connectivity index (χ4n) is 2.85. The predicted molar refractivity (Wildman–Crippen MR) is 94.4 cm³/mol. The Morgan fingerprint density at radius 2 is 2.00 bits per heavy atom. The van der Waals surface area contributed by atoms with Crippen molar-refractivity contribution in [2.75, 3.05) is 5.32 Å². The molecule has 4 rings (SSSR count). The number of rotatable bonds is 4. The van der Waals surface area contributed by atoms with Crippen LogP contribution < -0.4 is 5.32 Å². The summed E-state index contributed by atoms with van der Waals surface area (Å²) in [5.74, 6) is 1.43. The van der Waals surface area contributed by atoms with Crippen LogP contribution in [0.25, 0.3) is 10.9 Å². The third kappa shape index (κ3) is 2.89. The molecule has 0 saturated carbocycles. The smallest absolute Gasteiger partial charge is 0.170 e. The number of nitrogens with one attached hydrogen (secondary N) is 1. The zero-order valence-electron chi connectivity index (χ0n) is 13.5. The molecule has 0 amide bonds. The van der Waals surface area contributed by atoms with Crippen molar-refractivity contribution in [2.24, 2.45) is 0 Å². The normalized spacial score (nSPS) is 12.2. The maximum Gasteiger partial charge on any atom is 0.170 e. The standard InChI is InChI=1S/C19H16N4O2/c1-12-10-16(23-25-12)22-17(14-5-2-8-20-11-14)15-7-6-13-4-3-9-21-18(13)19(15)24/h2-11,17,24H,1H3,(H,22,23)/t17-/m0/s1. The fourth-order valence-corrected chi connectivity index (χ4v) is 2.85. The molecular weight excluding hydrogens is 316 g/mol. The molecule has 4 aromatic rings. The van der Waals surface area contributed by atoms with Gasteiger partial charge in [0.1, 0.15) is 17.0 Å². The zero-order chi connectivity index (χ0) is 17.2. The monoisotopic (exact) mass is 332 g/mol. The van der Waals surface area contributed by atoms with Gasteiger partial charge in [0.2, 0.25) is 0 Å². The Balaban J connectivity index is 1.84. The van der Waals surface area contributed by atoms with Crippen LogP contribution >= 0.6 is 0 Å². The second-order valence-electron chi connectivity index (χ2n) is 5.77. The Bertz CT molecular complexity index is 1010. The third-order valence-corrected chi connectivity index (χ3v) is 4.03. The van der Waals surface area contributed by atoms with Gasteiger partial charge >= 0.3 is 0 Å². The Morgan fingerprint density at radius 3 is 2.76 bits per heavy atom. The first kappa shape index (κ1) is 15.1. The molecule has 0 aliphatic rings. The highest BCUT2D eigenvalue weighted by Gasteiger charge is 2.21. The first-order valence-electron chi connectivity index (χ1n) is 7.89. The predicted octanol–water partition coefficient (Wildman–Crippen LogP) is 3.83. The van der Waals surface area contributed by atoms with Crippen molar-refractivity contribution in [1.82, 2.24) is 15.1 Å². The summed E-state index contributed by atoms with van der Waals surface area (Å²) in [7, 11) is 0. The highest BCUT2D eigenvalue weighted by Crippen LogP contribution is 2.36. The van der Waals surface area contributed by atoms with Gasteiger partial charge < -0.3 is 14.9 Å². The van der Waals surface area contributed by atoms with Gasteiger partial charge in [-0.3, -0.25) is 9.97 Å². The molecule has 6 nitrogen and oxygen atoms in total. The number of aryl methyl sites for hydroxylation is 1. The van der Waals surface area contributed by atoms with E-state index in [1.165, 1.54) is 0 Å². The minimum absolute atomic E-state index is 0.139. The van der Waals surface area contributed by atoms with Crippen molar-refractivity contribution in [1.29, 1.82) is 0 Å². The van der Waals surface area contributed by atoms with E-state index in [-0.39, 0.29) is 11.8 Å². The summed E-state index contributed by atoms with van der Waals surface area (Å²) in [5, 5.41) is 19.0. The second kappa shape index (κ2) is 6.24. The molecule has 3 aromatic heterocycles. The number of nitrogens with zero attached hydrogens (tertiary/aromatic N) is 3. The lowest BCUT2D eigenvalue weighted by molar-refractivity contribution is 0.399. The molecule has 124 valence electrons. The van der Waals surface area contributed by atoms with E-state index >= 15 is 0 Å². The van der Waals surface area contributed by atoms with Crippen molar-refractivity contribution >= 4 is 16.7 Å². The van der Waals surface area contributed by atoms with Gasteiger partial charge in [-0.05, 0) is 24.6 Å². The summed E-state index contributed by atoms with van der Waals surface area (Å²) in [6, 6.07) is 12.8. The van der Waals surface area contributed by atoms with E-state index in [2.05, 4.69) is 20.4 Å². The minimum Gasteiger partial charge on any atom is -0.505 e. The number of aromatic hydroxyl groups is 1. The number of phenolic OH excluding ortho intramolecular Hbond substituents is 1. The van der Waals surface area contributed by atoms with Gasteiger partial charge in [-0.2, -0.15) is 0 Å². The van der Waals surface area contributed by atoms with E-state index in [1.807, 2.05) is 43.3 Å². The van der Waals surface area contributed by atoms with E-state index in [1.54, 1.807) is 24.7 Å². The van der Waals surface area contributed by atoms with Crippen LogP contribution in [0.4, 0.5) is 5.82 Å². The Kier molecular flexibility index (Phi) is 3.78. The number of aromatic nitrogens is 3. The summed E-state index contributed by atoms with van der Waals surface area (Å²) >= 11 is 0. The maximum atomic E-state index is 10.8. The summed E-state index contributed by atoms with van der Waals surface area (Å²) in [6.45, 7) is 1.83. The van der Waals surface area contributed by atoms with Crippen molar-refractivity contribution in [2.45, 2.75) is 13.0 Å². The van der Waals surface area contributed by atoms with Crippen molar-refractivity contribution in [3.63, 3.8) is 0 Å². The highest BCUT2D eigenvalue weighted by atomic mass is 16.5. The number of fused-ring (bicyclic) bond motifs is 1. The molecule has 0 radical (unpaired) electrons. The lowest BCUT2D eigenvalue weighted by Gasteiger charge is -2.20. The molecule has 1 aromatic carbocycles. The second-order valence-corrected chi connectivity index (χ2v) is 5.77. The molecule has 0 saturated heterocycles. The number of anilines is 1. The number of hydrogen-bond donors (Lipinski definition) is 2. The van der Waals surface area contributed by atoms with Crippen LogP contribution in [-0.2, 0) is 0 Å². The molecule has 25 heavy (non-hydrogen) atoms. The lowest BCUT2D eigenvalue weighted by atomic mass is 9.97. The highest BCUT2D eigenvalue weighted by molar-refractivity contribution is 5.85. The van der Waals surface area contributed by atoms with Gasteiger partial charge in [0, 0.05) is 35.6 Å². The van der Waals surface area contributed by atoms with Crippen molar-refractivity contribution < 1.29 is 9.63 Å². The van der Waals surface area contributed by atoms with E-state index in [9.17, 15) is 5.11 Å². The molecule has 2 N–H and O–H groups in total. The van der Waals surface area contributed by atoms with Gasteiger partial charge in [0.05, 0.1) is 6.04 Å². The summed E-state index contributed by atoms with van der Waals surface area (Å²) in [6.07, 6.45) is 5.13. The molecule has 0 unspecified atom stereocenters. The van der Waals surface area contributed by atoms with Crippen LogP contribution in [0.1, 0.15) is 22.9 Å². The lowest BCUT2D eigenvalue weighted by Crippen LogP contribution is -2.13. The Hall–Kier alpha value is -3.41. The van der Waals surface area contributed by atoms with E-state index in [4.69, 9.17) is 4.52 Å². The number of hydrogen-bond acceptors (Lipinski definition) is 6. The SMILES string of the molecule is Cc1cc(N[C@@H](c2cccnc2)c2ccc3cccnc3c2O)no1. The molecule has 0 spiro atoms. The third-order valence-electron chi connectivity index (χ3n) is 4.03. The number of pyridine rings is 2. The van der Waals surface area contributed by atoms with Crippen molar-refractivity contribution in [3.8, 4) is 5.75 Å². The molecule has 6 heteroatoms. The fraction of sp³-hybridized carbons (Fsp3) is 0.105. The largest absolute Gasteiger partial charge is 0.505 e. The Labute approximate surface area is 144 Å². The average molecular weight is 332 g/mol. The number of benzene rings is 1. The summed E-state index contributed by atoms with van der Waals surface area (Å²) in [4.78, 5) is 8.49. The average Bonchev–Trinajstić information content (AvgIpc) is 3.06. The minimum atomic E-state index is -0.343. The van der Waals surface area contributed by atoms with Gasteiger partial charge in [-0.1, -0.05) is 29.4 Å². The van der Waals surface area contributed by atoms with Gasteiger partial charge in [-0.15, -0.1) is 0 Å². The Morgan fingerprint density at radius 1 is 1.12 bits per heavy atom. The zero-order valence-corrected chi connectivity index (χ0v) is 13.5. The van der Waals surface area contributed by atoms with Crippen molar-refractivity contribution in [3.05, 3.63) is 77.9 Å². The molecular formula is C19H16N4O2. The summed E-state index contributed by atoms with van der Waals surface area (Å²) in [5.41, 5.74) is 2.15. The molecule has 3 heterocycles. The van der Waals surface area contributed by atoms with E-state index in [0.29, 0.717) is 22.7 Å². The van der Waals surface area contributed by atoms with Gasteiger partial charge in [0.25, 0.3) is 0 Å². The quantitative estimate of drug-likeness (QED) is 0.591. The van der Waals surface area contributed by atoms with Crippen LogP contribution in [0.15, 0.2) is 65.6 Å². The molecule has 0 bridgehead atoms. The van der Waals surface area contributed by atoms with Gasteiger partial charge in [0.15, 0.2) is 5.82 Å². The molecule has 0 aliphatic carbocycles. The molecule has 0 aliphatic heterocycles. The van der Waals surface area contributed by atoms with Crippen LogP contribution in [0.2, 0.25) is 0 Å². The topological polar surface area (TPSA) is 84.1 Å². The van der Waals surface area contributed by atoms with Gasteiger partial charge in [-0.25, -0.2) is 0 Å². The maximum absolute atomic E-state index is 10.8.